The number of benzene rings is 1. The first-order valence-electron chi connectivity index (χ1n) is 10.00. The smallest absolute Gasteiger partial charge is 0.118 e. The average Bonchev–Trinajstić information content (AvgIpc) is 2.65. The van der Waals surface area contributed by atoms with Gasteiger partial charge in [-0.2, -0.15) is 5.26 Å². The van der Waals surface area contributed by atoms with Crippen molar-refractivity contribution in [1.29, 1.82) is 5.26 Å². The summed E-state index contributed by atoms with van der Waals surface area (Å²) >= 11 is 0. The van der Waals surface area contributed by atoms with Crippen molar-refractivity contribution < 1.29 is 0 Å². The Bertz CT molecular complexity index is 635. The van der Waals surface area contributed by atoms with Crippen molar-refractivity contribution in [2.24, 2.45) is 5.92 Å². The van der Waals surface area contributed by atoms with Gasteiger partial charge in [-0.05, 0) is 23.5 Å². The van der Waals surface area contributed by atoms with Crippen LogP contribution in [0.15, 0.2) is 30.0 Å². The summed E-state index contributed by atoms with van der Waals surface area (Å²) in [5.41, 5.74) is 3.68. The highest BCUT2D eigenvalue weighted by Gasteiger charge is 2.07. The second-order valence-corrected chi connectivity index (χ2v) is 7.10. The molecule has 26 heavy (non-hydrogen) atoms. The molecule has 1 N–H and O–H groups in total. The van der Waals surface area contributed by atoms with Crippen molar-refractivity contribution >= 4 is 5.57 Å². The Morgan fingerprint density at radius 1 is 1.19 bits per heavy atom. The highest BCUT2D eigenvalue weighted by molar-refractivity contribution is 5.73. The zero-order valence-electron chi connectivity index (χ0n) is 16.8. The van der Waals surface area contributed by atoms with Crippen LogP contribution in [0.5, 0.6) is 0 Å². The minimum Gasteiger partial charge on any atom is -0.379 e. The number of nitrogens with one attached hydrogen (secondary N) is 1. The number of nitrogens with zero attached hydrogens (tertiary/aromatic N) is 1. The molecule has 0 bridgehead atoms. The average molecular weight is 351 g/mol. The van der Waals surface area contributed by atoms with Crippen molar-refractivity contribution in [1.82, 2.24) is 5.32 Å². The fourth-order valence-corrected chi connectivity index (χ4v) is 3.35. The lowest BCUT2D eigenvalue weighted by atomic mass is 9.93. The van der Waals surface area contributed by atoms with E-state index in [0.717, 1.165) is 23.5 Å². The monoisotopic (exact) mass is 350 g/mol. The standard InChI is InChI=1S/C15H16N2.C9H18/c1-4-7-14(15(11-16)17-3)13-9-6-8-12(5-2)10-13;1-9-7-5-3-2-4-6-8-9/h1,6,8-10,17H,5,7H2,2-3H3;9H,2-8H2,1H3/b15-14+;. The molecule has 0 unspecified atom stereocenters. The van der Waals surface area contributed by atoms with E-state index in [0.29, 0.717) is 12.1 Å². The SMILES string of the molecule is C#CC/C(=C(/C#N)NC)c1cccc(CC)c1.CC1CCCCCCC1. The molecule has 0 amide bonds. The van der Waals surface area contributed by atoms with E-state index in [-0.39, 0.29) is 0 Å². The molecule has 0 atom stereocenters. The summed E-state index contributed by atoms with van der Waals surface area (Å²) in [7, 11) is 1.73. The van der Waals surface area contributed by atoms with E-state index in [4.69, 9.17) is 11.7 Å². The Labute approximate surface area is 160 Å². The molecule has 0 heterocycles. The van der Waals surface area contributed by atoms with Gasteiger partial charge in [0.05, 0.1) is 0 Å². The molecule has 0 radical (unpaired) electrons. The van der Waals surface area contributed by atoms with Crippen LogP contribution in [-0.2, 0) is 6.42 Å². The number of aryl methyl sites for hydroxylation is 1. The molecular weight excluding hydrogens is 316 g/mol. The maximum atomic E-state index is 9.07. The molecule has 0 saturated heterocycles. The zero-order valence-corrected chi connectivity index (χ0v) is 16.8. The van der Waals surface area contributed by atoms with Crippen LogP contribution in [0.4, 0.5) is 0 Å². The lowest BCUT2D eigenvalue weighted by molar-refractivity contribution is 0.404. The first-order valence-corrected chi connectivity index (χ1v) is 10.00. The first-order chi connectivity index (χ1) is 12.7. The molecule has 1 aliphatic rings. The van der Waals surface area contributed by atoms with Crippen LogP contribution in [0, 0.1) is 29.6 Å². The number of terminal acetylenes is 1. The normalized spacial score (nSPS) is 15.9. The molecule has 0 aromatic heterocycles. The predicted octanol–water partition coefficient (Wildman–Crippen LogP) is 6.09. The van der Waals surface area contributed by atoms with Gasteiger partial charge in [-0.3, -0.25) is 0 Å². The van der Waals surface area contributed by atoms with Crippen molar-refractivity contribution in [3.05, 3.63) is 41.1 Å². The number of hydrogen-bond donors (Lipinski definition) is 1. The quantitative estimate of drug-likeness (QED) is 0.526. The second kappa shape index (κ2) is 13.1. The molecule has 140 valence electrons. The van der Waals surface area contributed by atoms with Crippen LogP contribution in [0.2, 0.25) is 0 Å². The number of allylic oxidation sites excluding steroid dienone is 2. The van der Waals surface area contributed by atoms with Crippen molar-refractivity contribution in [3.8, 4) is 18.4 Å². The molecule has 1 saturated carbocycles. The van der Waals surface area contributed by atoms with Crippen LogP contribution in [0.25, 0.3) is 5.57 Å². The largest absolute Gasteiger partial charge is 0.379 e. The highest BCUT2D eigenvalue weighted by atomic mass is 14.8. The molecule has 1 fully saturated rings. The third kappa shape index (κ3) is 7.79. The maximum Gasteiger partial charge on any atom is 0.118 e. The predicted molar refractivity (Wildman–Crippen MR) is 112 cm³/mol. The van der Waals surface area contributed by atoms with E-state index < -0.39 is 0 Å². The van der Waals surface area contributed by atoms with Crippen LogP contribution in [0.3, 0.4) is 0 Å². The molecule has 2 rings (SSSR count). The summed E-state index contributed by atoms with van der Waals surface area (Å²) in [6.07, 6.45) is 17.2. The van der Waals surface area contributed by atoms with Gasteiger partial charge < -0.3 is 5.32 Å². The molecule has 1 aromatic carbocycles. The Morgan fingerprint density at radius 3 is 2.38 bits per heavy atom. The molecule has 1 aliphatic carbocycles. The van der Waals surface area contributed by atoms with Crippen LogP contribution >= 0.6 is 0 Å². The third-order valence-corrected chi connectivity index (χ3v) is 5.02. The van der Waals surface area contributed by atoms with Gasteiger partial charge in [0.1, 0.15) is 11.8 Å². The van der Waals surface area contributed by atoms with Gasteiger partial charge in [-0.15, -0.1) is 12.3 Å². The Hall–Kier alpha value is -2.19. The van der Waals surface area contributed by atoms with E-state index in [2.05, 4.69) is 43.3 Å². The second-order valence-electron chi connectivity index (χ2n) is 7.10. The molecule has 0 aliphatic heterocycles. The first kappa shape index (κ1) is 21.9. The Kier molecular flexibility index (Phi) is 11.0. The zero-order chi connectivity index (χ0) is 19.2. The lowest BCUT2D eigenvalue weighted by Gasteiger charge is -2.13. The topological polar surface area (TPSA) is 35.8 Å². The van der Waals surface area contributed by atoms with E-state index in [1.165, 1.54) is 50.5 Å². The number of rotatable bonds is 4. The van der Waals surface area contributed by atoms with Crippen molar-refractivity contribution in [3.63, 3.8) is 0 Å². The highest BCUT2D eigenvalue weighted by Crippen LogP contribution is 2.22. The van der Waals surface area contributed by atoms with E-state index in [9.17, 15) is 0 Å². The van der Waals surface area contributed by atoms with E-state index in [1.807, 2.05) is 12.1 Å². The van der Waals surface area contributed by atoms with Crippen LogP contribution in [-0.4, -0.2) is 7.05 Å². The summed E-state index contributed by atoms with van der Waals surface area (Å²) in [6.45, 7) is 4.50. The van der Waals surface area contributed by atoms with Gasteiger partial charge in [-0.1, -0.05) is 83.1 Å². The summed E-state index contributed by atoms with van der Waals surface area (Å²) in [4.78, 5) is 0. The van der Waals surface area contributed by atoms with Crippen LogP contribution < -0.4 is 5.32 Å². The van der Waals surface area contributed by atoms with E-state index >= 15 is 0 Å². The Balaban J connectivity index is 0.000000314. The van der Waals surface area contributed by atoms with E-state index in [1.54, 1.807) is 7.05 Å². The lowest BCUT2D eigenvalue weighted by Crippen LogP contribution is -2.07. The fraction of sp³-hybridized carbons (Fsp3) is 0.542. The minimum atomic E-state index is 0.455. The molecular formula is C24H34N2. The minimum absolute atomic E-state index is 0.455. The van der Waals surface area contributed by atoms with Crippen molar-refractivity contribution in [2.75, 3.05) is 7.05 Å². The van der Waals surface area contributed by atoms with Gasteiger partial charge in [0.2, 0.25) is 0 Å². The van der Waals surface area contributed by atoms with Crippen LogP contribution in [0.1, 0.15) is 76.3 Å². The molecule has 1 aromatic rings. The molecule has 0 spiro atoms. The van der Waals surface area contributed by atoms with Crippen molar-refractivity contribution in [2.45, 2.75) is 71.6 Å². The van der Waals surface area contributed by atoms with Gasteiger partial charge in [-0.25, -0.2) is 0 Å². The summed E-state index contributed by atoms with van der Waals surface area (Å²) in [5.74, 6) is 3.62. The summed E-state index contributed by atoms with van der Waals surface area (Å²) < 4.78 is 0. The van der Waals surface area contributed by atoms with Gasteiger partial charge in [0.25, 0.3) is 0 Å². The van der Waals surface area contributed by atoms with Gasteiger partial charge >= 0.3 is 0 Å². The van der Waals surface area contributed by atoms with Gasteiger partial charge in [0.15, 0.2) is 0 Å². The Morgan fingerprint density at radius 2 is 1.85 bits per heavy atom. The maximum absolute atomic E-state index is 9.07. The third-order valence-electron chi connectivity index (χ3n) is 5.02. The number of nitriles is 1. The summed E-state index contributed by atoms with van der Waals surface area (Å²) in [5, 5.41) is 12.0. The molecule has 2 heteroatoms. The fourth-order valence-electron chi connectivity index (χ4n) is 3.35. The molecule has 2 nitrogen and oxygen atoms in total. The number of hydrogen-bond acceptors (Lipinski definition) is 2. The van der Waals surface area contributed by atoms with Gasteiger partial charge in [0, 0.05) is 19.0 Å². The summed E-state index contributed by atoms with van der Waals surface area (Å²) in [6, 6.07) is 10.3.